The molecule has 3 fully saturated rings. The third-order valence-corrected chi connectivity index (χ3v) is 10.4. The SMILES string of the molecule is C[C@]12C[C@H](c3ccc(N4CCCC4)cc3)C3=C4CCC(=O)C=C4CC[C@H]3[C@@H]1CC[C@H]2CCCO. The fourth-order valence-electron chi connectivity index (χ4n) is 8.77. The lowest BCUT2D eigenvalue weighted by molar-refractivity contribution is -0.114. The Morgan fingerprint density at radius 2 is 1.82 bits per heavy atom. The molecule has 5 aliphatic rings. The molecule has 182 valence electrons. The fourth-order valence-corrected chi connectivity index (χ4v) is 8.77. The lowest BCUT2D eigenvalue weighted by Crippen LogP contribution is -2.43. The average molecular weight is 460 g/mol. The number of aliphatic hydroxyl groups excluding tert-OH is 1. The van der Waals surface area contributed by atoms with E-state index in [-0.39, 0.29) is 0 Å². The molecule has 3 nitrogen and oxygen atoms in total. The van der Waals surface area contributed by atoms with Gasteiger partial charge in [-0.15, -0.1) is 0 Å². The summed E-state index contributed by atoms with van der Waals surface area (Å²) in [5, 5.41) is 9.55. The molecule has 6 rings (SSSR count). The summed E-state index contributed by atoms with van der Waals surface area (Å²) in [4.78, 5) is 14.8. The Balaban J connectivity index is 1.41. The zero-order valence-corrected chi connectivity index (χ0v) is 20.9. The van der Waals surface area contributed by atoms with Gasteiger partial charge in [0.15, 0.2) is 5.78 Å². The Morgan fingerprint density at radius 1 is 1.03 bits per heavy atom. The van der Waals surface area contributed by atoms with Crippen LogP contribution >= 0.6 is 0 Å². The number of fused-ring (bicyclic) bond motifs is 4. The van der Waals surface area contributed by atoms with Crippen molar-refractivity contribution in [3.8, 4) is 0 Å². The van der Waals surface area contributed by atoms with E-state index in [2.05, 4.69) is 36.1 Å². The molecule has 1 N–H and O–H groups in total. The zero-order chi connectivity index (χ0) is 23.3. The van der Waals surface area contributed by atoms with Gasteiger partial charge in [-0.1, -0.05) is 24.6 Å². The van der Waals surface area contributed by atoms with Crippen molar-refractivity contribution in [2.75, 3.05) is 24.6 Å². The molecule has 34 heavy (non-hydrogen) atoms. The molecule has 1 aromatic carbocycles. The number of rotatable bonds is 5. The van der Waals surface area contributed by atoms with Gasteiger partial charge >= 0.3 is 0 Å². The minimum atomic E-state index is 0.319. The molecular formula is C31H41NO2. The highest BCUT2D eigenvalue weighted by Crippen LogP contribution is 2.66. The predicted molar refractivity (Wildman–Crippen MR) is 138 cm³/mol. The van der Waals surface area contributed by atoms with E-state index < -0.39 is 0 Å². The van der Waals surface area contributed by atoms with Crippen LogP contribution in [0.4, 0.5) is 5.69 Å². The van der Waals surface area contributed by atoms with Gasteiger partial charge in [-0.25, -0.2) is 0 Å². The smallest absolute Gasteiger partial charge is 0.156 e. The standard InChI is InChI=1S/C31H41NO2/c1-31-20-28(21-6-10-24(11-7-21)32-16-2-3-17-32)30-26-14-12-25(34)19-22(26)8-13-27(30)29(31)15-9-23(31)5-4-18-33/h6-7,10-11,19,23,27-29,33H,2-5,8-9,12-18,20H2,1H3/t23-,27+,28-,29+,31-/m1/s1. The van der Waals surface area contributed by atoms with Crippen LogP contribution in [0.2, 0.25) is 0 Å². The molecule has 0 amide bonds. The van der Waals surface area contributed by atoms with Crippen molar-refractivity contribution in [1.82, 2.24) is 0 Å². The third-order valence-electron chi connectivity index (χ3n) is 10.4. The van der Waals surface area contributed by atoms with Gasteiger partial charge in [0.2, 0.25) is 0 Å². The molecule has 1 heterocycles. The monoisotopic (exact) mass is 459 g/mol. The third kappa shape index (κ3) is 3.70. The van der Waals surface area contributed by atoms with Crippen molar-refractivity contribution in [2.24, 2.45) is 23.2 Å². The molecule has 0 spiro atoms. The number of nitrogens with zero attached hydrogens (tertiary/aromatic N) is 1. The summed E-state index contributed by atoms with van der Waals surface area (Å²) in [6, 6.07) is 9.60. The van der Waals surface area contributed by atoms with E-state index in [0.717, 1.165) is 31.1 Å². The first-order chi connectivity index (χ1) is 16.6. The molecule has 0 aromatic heterocycles. The van der Waals surface area contributed by atoms with Gasteiger partial charge in [0.05, 0.1) is 0 Å². The van der Waals surface area contributed by atoms with Crippen LogP contribution in [0.15, 0.2) is 47.1 Å². The summed E-state index contributed by atoms with van der Waals surface area (Å²) in [5.41, 5.74) is 7.85. The van der Waals surface area contributed by atoms with Gasteiger partial charge in [-0.2, -0.15) is 0 Å². The van der Waals surface area contributed by atoms with Crippen LogP contribution < -0.4 is 4.90 Å². The Hall–Kier alpha value is -1.87. The van der Waals surface area contributed by atoms with Crippen molar-refractivity contribution in [2.45, 2.75) is 83.5 Å². The second-order valence-corrected chi connectivity index (χ2v) is 12.0. The summed E-state index contributed by atoms with van der Waals surface area (Å²) in [5.74, 6) is 2.96. The Labute approximate surface area is 205 Å². The Bertz CT molecular complexity index is 999. The van der Waals surface area contributed by atoms with Crippen LogP contribution in [0.5, 0.6) is 0 Å². The van der Waals surface area contributed by atoms with Gasteiger partial charge in [0, 0.05) is 37.7 Å². The van der Waals surface area contributed by atoms with Gasteiger partial charge in [0.25, 0.3) is 0 Å². The van der Waals surface area contributed by atoms with Crippen LogP contribution in [0.25, 0.3) is 0 Å². The van der Waals surface area contributed by atoms with Crippen molar-refractivity contribution in [1.29, 1.82) is 0 Å². The van der Waals surface area contributed by atoms with E-state index in [9.17, 15) is 9.90 Å². The summed E-state index contributed by atoms with van der Waals surface area (Å²) < 4.78 is 0. The van der Waals surface area contributed by atoms with E-state index in [4.69, 9.17) is 0 Å². The Morgan fingerprint density at radius 3 is 2.59 bits per heavy atom. The summed E-state index contributed by atoms with van der Waals surface area (Å²) in [6.45, 7) is 5.29. The van der Waals surface area contributed by atoms with Crippen LogP contribution in [-0.4, -0.2) is 30.6 Å². The van der Waals surface area contributed by atoms with Crippen molar-refractivity contribution < 1.29 is 9.90 Å². The second kappa shape index (κ2) is 8.97. The number of carbonyl (C=O) groups is 1. The molecule has 3 heteroatoms. The maximum absolute atomic E-state index is 12.2. The minimum absolute atomic E-state index is 0.319. The lowest BCUT2D eigenvalue weighted by Gasteiger charge is -2.53. The number of hydrogen-bond donors (Lipinski definition) is 1. The largest absolute Gasteiger partial charge is 0.396 e. The number of ketones is 1. The van der Waals surface area contributed by atoms with Crippen molar-refractivity contribution in [3.05, 3.63) is 52.6 Å². The summed E-state index contributed by atoms with van der Waals surface area (Å²) in [6.07, 6.45) is 14.6. The molecule has 0 radical (unpaired) electrons. The topological polar surface area (TPSA) is 40.5 Å². The molecule has 1 aromatic rings. The van der Waals surface area contributed by atoms with Crippen LogP contribution in [0, 0.1) is 23.2 Å². The number of hydrogen-bond acceptors (Lipinski definition) is 3. The molecule has 1 saturated heterocycles. The first-order valence-corrected chi connectivity index (χ1v) is 14.0. The fraction of sp³-hybridized carbons (Fsp3) is 0.645. The van der Waals surface area contributed by atoms with E-state index >= 15 is 0 Å². The molecule has 0 bridgehead atoms. The second-order valence-electron chi connectivity index (χ2n) is 12.0. The number of anilines is 1. The van der Waals surface area contributed by atoms with E-state index in [0.29, 0.717) is 36.1 Å². The van der Waals surface area contributed by atoms with Crippen molar-refractivity contribution in [3.63, 3.8) is 0 Å². The van der Waals surface area contributed by atoms with E-state index in [1.54, 1.807) is 11.1 Å². The van der Waals surface area contributed by atoms with Crippen LogP contribution in [0.3, 0.4) is 0 Å². The van der Waals surface area contributed by atoms with Crippen molar-refractivity contribution >= 4 is 11.5 Å². The maximum atomic E-state index is 12.2. The van der Waals surface area contributed by atoms with Crippen LogP contribution in [-0.2, 0) is 4.79 Å². The number of carbonyl (C=O) groups excluding carboxylic acids is 1. The first-order valence-electron chi connectivity index (χ1n) is 14.0. The highest BCUT2D eigenvalue weighted by atomic mass is 16.2. The normalized spacial score (nSPS) is 35.2. The molecule has 0 unspecified atom stereocenters. The van der Waals surface area contributed by atoms with Gasteiger partial charge in [-0.05, 0) is 122 Å². The summed E-state index contributed by atoms with van der Waals surface area (Å²) >= 11 is 0. The predicted octanol–water partition coefficient (Wildman–Crippen LogP) is 6.58. The quantitative estimate of drug-likeness (QED) is 0.541. The van der Waals surface area contributed by atoms with Gasteiger partial charge in [0.1, 0.15) is 0 Å². The molecule has 4 aliphatic carbocycles. The highest BCUT2D eigenvalue weighted by molar-refractivity contribution is 5.93. The molecule has 2 saturated carbocycles. The highest BCUT2D eigenvalue weighted by Gasteiger charge is 2.56. The number of allylic oxidation sites excluding steroid dienone is 4. The Kier molecular flexibility index (Phi) is 5.96. The molecule has 1 aliphatic heterocycles. The van der Waals surface area contributed by atoms with E-state index in [1.807, 2.05) is 6.08 Å². The number of benzene rings is 1. The summed E-state index contributed by atoms with van der Waals surface area (Å²) in [7, 11) is 0. The van der Waals surface area contributed by atoms with Gasteiger partial charge in [-0.3, -0.25) is 4.79 Å². The minimum Gasteiger partial charge on any atom is -0.396 e. The van der Waals surface area contributed by atoms with Crippen LogP contribution in [0.1, 0.15) is 89.0 Å². The average Bonchev–Trinajstić information content (AvgIpc) is 3.50. The molecule has 5 atom stereocenters. The van der Waals surface area contributed by atoms with E-state index in [1.165, 1.54) is 74.9 Å². The number of aliphatic hydroxyl groups is 1. The molecular weight excluding hydrogens is 418 g/mol. The van der Waals surface area contributed by atoms with Gasteiger partial charge < -0.3 is 10.0 Å². The lowest BCUT2D eigenvalue weighted by atomic mass is 9.51. The maximum Gasteiger partial charge on any atom is 0.156 e. The zero-order valence-electron chi connectivity index (χ0n) is 20.9. The first kappa shape index (κ1) is 22.6.